The van der Waals surface area contributed by atoms with Gasteiger partial charge in [-0.1, -0.05) is 35.3 Å². The molecule has 0 spiro atoms. The first kappa shape index (κ1) is 23.6. The van der Waals surface area contributed by atoms with Crippen molar-refractivity contribution in [1.29, 1.82) is 0 Å². The predicted molar refractivity (Wildman–Crippen MR) is 122 cm³/mol. The van der Waals surface area contributed by atoms with Crippen LogP contribution in [0.5, 0.6) is 0 Å². The Kier molecular flexibility index (Phi) is 8.44. The van der Waals surface area contributed by atoms with Gasteiger partial charge in [0.1, 0.15) is 6.04 Å². The van der Waals surface area contributed by atoms with Crippen LogP contribution in [0.4, 0.5) is 0 Å². The first-order chi connectivity index (χ1) is 13.5. The summed E-state index contributed by atoms with van der Waals surface area (Å²) in [6.45, 7) is 7.83. The van der Waals surface area contributed by atoms with E-state index in [1.54, 1.807) is 36.1 Å². The molecular weight excluding hydrogens is 427 g/mol. The molecular formula is C22H26Cl2N2O2S. The second kappa shape index (κ2) is 10.4. The summed E-state index contributed by atoms with van der Waals surface area (Å²) in [5.41, 5.74) is 0.535. The molecule has 0 aliphatic heterocycles. The minimum absolute atomic E-state index is 0.114. The number of amides is 2. The van der Waals surface area contributed by atoms with Crippen molar-refractivity contribution in [3.63, 3.8) is 0 Å². The van der Waals surface area contributed by atoms with Gasteiger partial charge in [0.2, 0.25) is 11.8 Å². The zero-order valence-corrected chi connectivity index (χ0v) is 19.4. The van der Waals surface area contributed by atoms with Crippen LogP contribution in [0.1, 0.15) is 33.3 Å². The molecule has 0 aliphatic rings. The summed E-state index contributed by atoms with van der Waals surface area (Å²) in [5, 5.41) is 4.23. The highest BCUT2D eigenvalue weighted by Crippen LogP contribution is 2.22. The number of thioether (sulfide) groups is 1. The quantitative estimate of drug-likeness (QED) is 0.570. The van der Waals surface area contributed by atoms with Crippen molar-refractivity contribution < 1.29 is 9.59 Å². The lowest BCUT2D eigenvalue weighted by atomic mass is 10.1. The molecule has 4 nitrogen and oxygen atoms in total. The van der Waals surface area contributed by atoms with E-state index < -0.39 is 6.04 Å². The average molecular weight is 453 g/mol. The van der Waals surface area contributed by atoms with E-state index in [2.05, 4.69) is 5.32 Å². The van der Waals surface area contributed by atoms with Gasteiger partial charge in [0.05, 0.1) is 5.75 Å². The maximum Gasteiger partial charge on any atom is 0.242 e. The Morgan fingerprint density at radius 3 is 2.03 bits per heavy atom. The largest absolute Gasteiger partial charge is 0.350 e. The topological polar surface area (TPSA) is 49.4 Å². The smallest absolute Gasteiger partial charge is 0.242 e. The highest BCUT2D eigenvalue weighted by molar-refractivity contribution is 8.00. The summed E-state index contributed by atoms with van der Waals surface area (Å²) >= 11 is 13.3. The van der Waals surface area contributed by atoms with E-state index in [1.165, 1.54) is 11.8 Å². The Balaban J connectivity index is 2.15. The zero-order valence-electron chi connectivity index (χ0n) is 17.0. The number of nitrogens with one attached hydrogen (secondary N) is 1. The number of hydrogen-bond acceptors (Lipinski definition) is 3. The van der Waals surface area contributed by atoms with Crippen LogP contribution >= 0.6 is 35.0 Å². The number of benzene rings is 2. The van der Waals surface area contributed by atoms with E-state index in [1.807, 2.05) is 45.0 Å². The lowest BCUT2D eigenvalue weighted by Crippen LogP contribution is -2.52. The lowest BCUT2D eigenvalue weighted by Gasteiger charge is -2.31. The molecule has 0 unspecified atom stereocenters. The molecule has 0 heterocycles. The molecule has 7 heteroatoms. The molecule has 156 valence electrons. The van der Waals surface area contributed by atoms with Gasteiger partial charge in [0.25, 0.3) is 0 Å². The fourth-order valence-corrected chi connectivity index (χ4v) is 3.64. The Morgan fingerprint density at radius 1 is 1.00 bits per heavy atom. The molecule has 0 radical (unpaired) electrons. The Hall–Kier alpha value is -1.69. The molecule has 2 amide bonds. The van der Waals surface area contributed by atoms with E-state index in [4.69, 9.17) is 23.2 Å². The monoisotopic (exact) mass is 452 g/mol. The van der Waals surface area contributed by atoms with Gasteiger partial charge in [0, 0.05) is 27.0 Å². The number of hydrogen-bond donors (Lipinski definition) is 1. The molecule has 2 aromatic carbocycles. The third kappa shape index (κ3) is 7.92. The maximum absolute atomic E-state index is 13.0. The van der Waals surface area contributed by atoms with Crippen LogP contribution < -0.4 is 5.32 Å². The summed E-state index contributed by atoms with van der Waals surface area (Å²) in [6.07, 6.45) is 0. The van der Waals surface area contributed by atoms with Gasteiger partial charge < -0.3 is 10.2 Å². The third-order valence-corrected chi connectivity index (χ3v) is 5.61. The highest BCUT2D eigenvalue weighted by Gasteiger charge is 2.28. The van der Waals surface area contributed by atoms with Crippen LogP contribution in [-0.4, -0.2) is 34.0 Å². The van der Waals surface area contributed by atoms with Crippen LogP contribution in [0.2, 0.25) is 10.0 Å². The predicted octanol–water partition coefficient (Wildman–Crippen LogP) is 5.42. The third-order valence-electron chi connectivity index (χ3n) is 4.11. The minimum Gasteiger partial charge on any atom is -0.350 e. The van der Waals surface area contributed by atoms with E-state index >= 15 is 0 Å². The highest BCUT2D eigenvalue weighted by atomic mass is 35.5. The number of halogens is 2. The molecule has 0 aliphatic carbocycles. The molecule has 0 bridgehead atoms. The van der Waals surface area contributed by atoms with Gasteiger partial charge in [-0.3, -0.25) is 9.59 Å². The molecule has 0 fully saturated rings. The molecule has 1 atom stereocenters. The van der Waals surface area contributed by atoms with Crippen molar-refractivity contribution in [2.45, 2.75) is 50.7 Å². The molecule has 0 saturated heterocycles. The normalized spacial score (nSPS) is 12.3. The van der Waals surface area contributed by atoms with E-state index in [-0.39, 0.29) is 23.1 Å². The lowest BCUT2D eigenvalue weighted by molar-refractivity contribution is -0.139. The van der Waals surface area contributed by atoms with Crippen LogP contribution in [0.25, 0.3) is 0 Å². The minimum atomic E-state index is -0.608. The second-order valence-corrected chi connectivity index (χ2v) is 9.73. The summed E-state index contributed by atoms with van der Waals surface area (Å²) in [5.74, 6) is -0.0738. The second-order valence-electron chi connectivity index (χ2n) is 7.81. The Labute approximate surface area is 187 Å². The fraction of sp³-hybridized carbons (Fsp3) is 0.364. The molecule has 0 saturated carbocycles. The van der Waals surface area contributed by atoms with E-state index in [0.29, 0.717) is 16.6 Å². The van der Waals surface area contributed by atoms with Crippen molar-refractivity contribution in [3.05, 3.63) is 64.1 Å². The Morgan fingerprint density at radius 2 is 1.52 bits per heavy atom. The van der Waals surface area contributed by atoms with E-state index in [9.17, 15) is 9.59 Å². The van der Waals surface area contributed by atoms with Crippen molar-refractivity contribution in [3.8, 4) is 0 Å². The van der Waals surface area contributed by atoms with Gasteiger partial charge in [-0.2, -0.15) is 0 Å². The number of carbonyl (C=O) groups excluding carboxylic acids is 2. The van der Waals surface area contributed by atoms with Gasteiger partial charge in [-0.25, -0.2) is 0 Å². The van der Waals surface area contributed by atoms with Crippen molar-refractivity contribution in [2.75, 3.05) is 5.75 Å². The van der Waals surface area contributed by atoms with Crippen molar-refractivity contribution in [2.24, 2.45) is 0 Å². The first-order valence-corrected chi connectivity index (χ1v) is 11.0. The van der Waals surface area contributed by atoms with Crippen LogP contribution in [0, 0.1) is 0 Å². The first-order valence-electron chi connectivity index (χ1n) is 9.29. The molecule has 2 aromatic rings. The van der Waals surface area contributed by atoms with Crippen molar-refractivity contribution >= 4 is 46.8 Å². The molecule has 0 aromatic heterocycles. The molecule has 2 rings (SSSR count). The SMILES string of the molecule is C[C@@H](C(=O)NC(C)(C)C)N(Cc1ccc(Cl)cc1)C(=O)CSc1ccc(Cl)cc1. The van der Waals surface area contributed by atoms with Gasteiger partial charge in [-0.15, -0.1) is 11.8 Å². The number of carbonyl (C=O) groups is 2. The summed E-state index contributed by atoms with van der Waals surface area (Å²) in [4.78, 5) is 28.3. The zero-order chi connectivity index (χ0) is 21.6. The standard InChI is InChI=1S/C22H26Cl2N2O2S/c1-15(21(28)25-22(2,3)4)26(13-16-5-7-17(23)8-6-16)20(27)14-29-19-11-9-18(24)10-12-19/h5-12,15H,13-14H2,1-4H3,(H,25,28)/t15-/m0/s1. The number of rotatable bonds is 7. The average Bonchev–Trinajstić information content (AvgIpc) is 2.65. The maximum atomic E-state index is 13.0. The van der Waals surface area contributed by atoms with Crippen LogP contribution in [0.15, 0.2) is 53.4 Å². The summed E-state index contributed by atoms with van der Waals surface area (Å²) < 4.78 is 0. The van der Waals surface area contributed by atoms with Crippen LogP contribution in [-0.2, 0) is 16.1 Å². The molecule has 29 heavy (non-hydrogen) atoms. The van der Waals surface area contributed by atoms with Crippen molar-refractivity contribution in [1.82, 2.24) is 10.2 Å². The van der Waals surface area contributed by atoms with Gasteiger partial charge in [-0.05, 0) is 69.7 Å². The summed E-state index contributed by atoms with van der Waals surface area (Å²) in [6, 6.07) is 14.0. The fourth-order valence-electron chi connectivity index (χ4n) is 2.60. The Bertz CT molecular complexity index is 833. The van der Waals surface area contributed by atoms with Gasteiger partial charge >= 0.3 is 0 Å². The van der Waals surface area contributed by atoms with E-state index in [0.717, 1.165) is 10.5 Å². The molecule has 1 N–H and O–H groups in total. The number of nitrogens with zero attached hydrogens (tertiary/aromatic N) is 1. The van der Waals surface area contributed by atoms with Gasteiger partial charge in [0.15, 0.2) is 0 Å². The van der Waals surface area contributed by atoms with Crippen LogP contribution in [0.3, 0.4) is 0 Å². The summed E-state index contributed by atoms with van der Waals surface area (Å²) in [7, 11) is 0.